The van der Waals surface area contributed by atoms with Crippen LogP contribution in [0.1, 0.15) is 27.2 Å². The van der Waals surface area contributed by atoms with Crippen molar-refractivity contribution in [2.24, 2.45) is 0 Å². The highest BCUT2D eigenvalue weighted by molar-refractivity contribution is 5.93. The Bertz CT molecular complexity index is 659. The number of aromatic nitrogens is 1. The summed E-state index contributed by atoms with van der Waals surface area (Å²) in [5.41, 5.74) is 0.630. The molecule has 1 aromatic carbocycles. The minimum absolute atomic E-state index is 0.284. The lowest BCUT2D eigenvalue weighted by Crippen LogP contribution is -2.35. The largest absolute Gasteiger partial charge is 0.444 e. The Hall–Kier alpha value is -2.30. The predicted molar refractivity (Wildman–Crippen MR) is 93.7 cm³/mol. The normalized spacial score (nSPS) is 11.3. The monoisotopic (exact) mass is 315 g/mol. The fourth-order valence-corrected chi connectivity index (χ4v) is 2.25. The molecule has 0 aliphatic rings. The summed E-state index contributed by atoms with van der Waals surface area (Å²) in [6.07, 6.45) is 4.21. The molecule has 0 fully saturated rings. The van der Waals surface area contributed by atoms with Crippen LogP contribution in [0, 0.1) is 0 Å². The SMILES string of the molecule is CN(CCCNc1cccc2cnccc12)C(=O)OC(C)(C)C. The molecule has 0 radical (unpaired) electrons. The van der Waals surface area contributed by atoms with Gasteiger partial charge in [0.2, 0.25) is 0 Å². The molecule has 5 heteroatoms. The highest BCUT2D eigenvalue weighted by atomic mass is 16.6. The zero-order valence-electron chi connectivity index (χ0n) is 14.3. The zero-order chi connectivity index (χ0) is 16.9. The molecular weight excluding hydrogens is 290 g/mol. The topological polar surface area (TPSA) is 54.5 Å². The number of hydrogen-bond donors (Lipinski definition) is 1. The van der Waals surface area contributed by atoms with Crippen LogP contribution in [0.3, 0.4) is 0 Å². The van der Waals surface area contributed by atoms with Crippen molar-refractivity contribution in [2.45, 2.75) is 32.8 Å². The average molecular weight is 315 g/mol. The highest BCUT2D eigenvalue weighted by Crippen LogP contribution is 2.21. The summed E-state index contributed by atoms with van der Waals surface area (Å²) in [7, 11) is 1.76. The molecule has 23 heavy (non-hydrogen) atoms. The Morgan fingerprint density at radius 2 is 2.09 bits per heavy atom. The van der Waals surface area contributed by atoms with Gasteiger partial charge in [0.1, 0.15) is 5.60 Å². The third-order valence-corrected chi connectivity index (χ3v) is 3.37. The van der Waals surface area contributed by atoms with Crippen LogP contribution in [0.15, 0.2) is 36.7 Å². The molecule has 0 spiro atoms. The molecule has 1 heterocycles. The lowest BCUT2D eigenvalue weighted by atomic mass is 10.1. The molecule has 2 aromatic rings. The zero-order valence-corrected chi connectivity index (χ0v) is 14.3. The Morgan fingerprint density at radius 1 is 1.30 bits per heavy atom. The quantitative estimate of drug-likeness (QED) is 0.850. The summed E-state index contributed by atoms with van der Waals surface area (Å²) in [5, 5.41) is 5.69. The van der Waals surface area contributed by atoms with Crippen LogP contribution in [-0.4, -0.2) is 41.7 Å². The number of fused-ring (bicyclic) bond motifs is 1. The van der Waals surface area contributed by atoms with Gasteiger partial charge in [-0.15, -0.1) is 0 Å². The molecule has 0 bridgehead atoms. The lowest BCUT2D eigenvalue weighted by Gasteiger charge is -2.24. The third kappa shape index (κ3) is 5.13. The van der Waals surface area contributed by atoms with Crippen molar-refractivity contribution in [2.75, 3.05) is 25.5 Å². The van der Waals surface area contributed by atoms with Crippen molar-refractivity contribution in [1.29, 1.82) is 0 Å². The standard InChI is InChI=1S/C18H25N3O2/c1-18(2,3)23-17(22)21(4)12-6-10-20-16-8-5-7-14-13-19-11-9-15(14)16/h5,7-9,11,13,20H,6,10,12H2,1-4H3. The van der Waals surface area contributed by atoms with Crippen molar-refractivity contribution >= 4 is 22.6 Å². The Balaban J connectivity index is 1.82. The molecule has 1 aromatic heterocycles. The van der Waals surface area contributed by atoms with E-state index in [1.807, 2.05) is 45.2 Å². The second-order valence-corrected chi connectivity index (χ2v) is 6.58. The van der Waals surface area contributed by atoms with Crippen molar-refractivity contribution in [1.82, 2.24) is 9.88 Å². The molecule has 0 saturated carbocycles. The Labute approximate surface area is 137 Å². The number of hydrogen-bond acceptors (Lipinski definition) is 4. The van der Waals surface area contributed by atoms with E-state index in [9.17, 15) is 4.79 Å². The molecule has 5 nitrogen and oxygen atoms in total. The van der Waals surface area contributed by atoms with Gasteiger partial charge in [-0.25, -0.2) is 4.79 Å². The number of nitrogens with one attached hydrogen (secondary N) is 1. The van der Waals surface area contributed by atoms with Crippen molar-refractivity contribution < 1.29 is 9.53 Å². The Morgan fingerprint density at radius 3 is 2.83 bits per heavy atom. The van der Waals surface area contributed by atoms with Gasteiger partial charge in [-0.3, -0.25) is 4.98 Å². The minimum Gasteiger partial charge on any atom is -0.444 e. The smallest absolute Gasteiger partial charge is 0.410 e. The molecule has 0 unspecified atom stereocenters. The first-order valence-electron chi connectivity index (χ1n) is 7.87. The summed E-state index contributed by atoms with van der Waals surface area (Å²) in [4.78, 5) is 17.6. The van der Waals surface area contributed by atoms with Crippen LogP contribution < -0.4 is 5.32 Å². The van der Waals surface area contributed by atoms with Gasteiger partial charge in [0.05, 0.1) is 0 Å². The van der Waals surface area contributed by atoms with Gasteiger partial charge in [0.15, 0.2) is 0 Å². The fourth-order valence-electron chi connectivity index (χ4n) is 2.25. The van der Waals surface area contributed by atoms with Gasteiger partial charge in [0, 0.05) is 49.0 Å². The first kappa shape index (κ1) is 17.1. The number of carbonyl (C=O) groups excluding carboxylic acids is 1. The summed E-state index contributed by atoms with van der Waals surface area (Å²) in [6, 6.07) is 8.12. The molecule has 0 atom stereocenters. The van der Waals surface area contributed by atoms with E-state index in [4.69, 9.17) is 4.74 Å². The van der Waals surface area contributed by atoms with E-state index in [0.717, 1.165) is 29.4 Å². The van der Waals surface area contributed by atoms with Gasteiger partial charge >= 0.3 is 6.09 Å². The molecule has 0 aliphatic carbocycles. The summed E-state index contributed by atoms with van der Waals surface area (Å²) >= 11 is 0. The molecule has 124 valence electrons. The van der Waals surface area contributed by atoms with Crippen LogP contribution >= 0.6 is 0 Å². The van der Waals surface area contributed by atoms with Crippen LogP contribution in [0.2, 0.25) is 0 Å². The second kappa shape index (κ2) is 7.31. The summed E-state index contributed by atoms with van der Waals surface area (Å²) < 4.78 is 5.33. The van der Waals surface area contributed by atoms with E-state index in [-0.39, 0.29) is 6.09 Å². The van der Waals surface area contributed by atoms with Crippen LogP contribution in [-0.2, 0) is 4.74 Å². The first-order valence-corrected chi connectivity index (χ1v) is 7.87. The number of ether oxygens (including phenoxy) is 1. The van der Waals surface area contributed by atoms with E-state index in [0.29, 0.717) is 6.54 Å². The molecule has 1 amide bonds. The number of carbonyl (C=O) groups is 1. The first-order chi connectivity index (χ1) is 10.9. The van der Waals surface area contributed by atoms with E-state index >= 15 is 0 Å². The van der Waals surface area contributed by atoms with Crippen LogP contribution in [0.25, 0.3) is 10.8 Å². The predicted octanol–water partition coefficient (Wildman–Crippen LogP) is 3.90. The van der Waals surface area contributed by atoms with Gasteiger partial charge in [-0.1, -0.05) is 12.1 Å². The highest BCUT2D eigenvalue weighted by Gasteiger charge is 2.19. The number of amides is 1. The van der Waals surface area contributed by atoms with E-state index in [2.05, 4.69) is 16.4 Å². The fraction of sp³-hybridized carbons (Fsp3) is 0.444. The maximum Gasteiger partial charge on any atom is 0.410 e. The molecule has 2 rings (SSSR count). The van der Waals surface area contributed by atoms with E-state index < -0.39 is 5.60 Å². The molecule has 0 saturated heterocycles. The minimum atomic E-state index is -0.458. The third-order valence-electron chi connectivity index (χ3n) is 3.37. The van der Waals surface area contributed by atoms with Gasteiger partial charge < -0.3 is 15.0 Å². The van der Waals surface area contributed by atoms with Crippen molar-refractivity contribution in [3.63, 3.8) is 0 Å². The number of rotatable bonds is 5. The number of benzene rings is 1. The van der Waals surface area contributed by atoms with Crippen molar-refractivity contribution in [3.8, 4) is 0 Å². The number of anilines is 1. The van der Waals surface area contributed by atoms with E-state index in [1.54, 1.807) is 18.1 Å². The van der Waals surface area contributed by atoms with Gasteiger partial charge in [0.25, 0.3) is 0 Å². The van der Waals surface area contributed by atoms with Crippen LogP contribution in [0.5, 0.6) is 0 Å². The number of nitrogens with zero attached hydrogens (tertiary/aromatic N) is 2. The van der Waals surface area contributed by atoms with E-state index in [1.165, 1.54) is 0 Å². The summed E-state index contributed by atoms with van der Waals surface area (Å²) in [5.74, 6) is 0. The van der Waals surface area contributed by atoms with Gasteiger partial charge in [-0.05, 0) is 39.3 Å². The maximum absolute atomic E-state index is 11.9. The second-order valence-electron chi connectivity index (χ2n) is 6.58. The molecular formula is C18H25N3O2. The lowest BCUT2D eigenvalue weighted by molar-refractivity contribution is 0.0298. The van der Waals surface area contributed by atoms with Crippen molar-refractivity contribution in [3.05, 3.63) is 36.7 Å². The van der Waals surface area contributed by atoms with Crippen LogP contribution in [0.4, 0.5) is 10.5 Å². The Kier molecular flexibility index (Phi) is 5.42. The number of pyridine rings is 1. The molecule has 0 aliphatic heterocycles. The average Bonchev–Trinajstić information content (AvgIpc) is 2.49. The van der Waals surface area contributed by atoms with Gasteiger partial charge in [-0.2, -0.15) is 0 Å². The summed E-state index contributed by atoms with van der Waals surface area (Å²) in [6.45, 7) is 7.05. The maximum atomic E-state index is 11.9. The molecule has 1 N–H and O–H groups in total.